The van der Waals surface area contributed by atoms with Crippen LogP contribution in [0, 0.1) is 5.41 Å². The van der Waals surface area contributed by atoms with Crippen LogP contribution in [-0.4, -0.2) is 50.1 Å². The molecule has 0 saturated carbocycles. The van der Waals surface area contributed by atoms with Gasteiger partial charge in [-0.05, 0) is 51.6 Å². The summed E-state index contributed by atoms with van der Waals surface area (Å²) in [6, 6.07) is 1.11. The third-order valence-corrected chi connectivity index (χ3v) is 4.11. The molecule has 1 saturated heterocycles. The van der Waals surface area contributed by atoms with Crippen molar-refractivity contribution in [2.45, 2.75) is 65.5 Å². The van der Waals surface area contributed by atoms with Crippen molar-refractivity contribution < 1.29 is 0 Å². The number of guanidine groups is 1. The fourth-order valence-electron chi connectivity index (χ4n) is 2.60. The summed E-state index contributed by atoms with van der Waals surface area (Å²) in [7, 11) is 4.06. The maximum Gasteiger partial charge on any atom is 0.191 e. The second-order valence-electron chi connectivity index (χ2n) is 7.37. The molecule has 1 aliphatic heterocycles. The van der Waals surface area contributed by atoms with E-state index in [4.69, 9.17) is 0 Å². The Bertz CT molecular complexity index is 306. The van der Waals surface area contributed by atoms with Gasteiger partial charge in [0.05, 0.1) is 0 Å². The third kappa shape index (κ3) is 6.60. The van der Waals surface area contributed by atoms with Crippen LogP contribution in [0.3, 0.4) is 0 Å². The SMILES string of the molecule is CN=C(NCC1CCCN1C)NC(C)CCC(C)(C)C. The van der Waals surface area contributed by atoms with Gasteiger partial charge in [-0.25, -0.2) is 0 Å². The van der Waals surface area contributed by atoms with Crippen LogP contribution in [0.15, 0.2) is 4.99 Å². The fraction of sp³-hybridized carbons (Fsp3) is 0.938. The first-order chi connectivity index (χ1) is 9.31. The van der Waals surface area contributed by atoms with Crippen molar-refractivity contribution in [1.82, 2.24) is 15.5 Å². The largest absolute Gasteiger partial charge is 0.355 e. The van der Waals surface area contributed by atoms with E-state index in [1.165, 1.54) is 32.2 Å². The second-order valence-corrected chi connectivity index (χ2v) is 7.37. The lowest BCUT2D eigenvalue weighted by molar-refractivity contribution is 0.309. The second kappa shape index (κ2) is 7.87. The molecule has 20 heavy (non-hydrogen) atoms. The minimum Gasteiger partial charge on any atom is -0.355 e. The van der Waals surface area contributed by atoms with Gasteiger partial charge in [0.25, 0.3) is 0 Å². The molecule has 1 aliphatic rings. The van der Waals surface area contributed by atoms with Crippen molar-refractivity contribution in [3.63, 3.8) is 0 Å². The summed E-state index contributed by atoms with van der Waals surface area (Å²) in [5.41, 5.74) is 0.402. The Hall–Kier alpha value is -0.770. The average Bonchev–Trinajstić information content (AvgIpc) is 2.77. The highest BCUT2D eigenvalue weighted by Crippen LogP contribution is 2.21. The first kappa shape index (κ1) is 17.3. The van der Waals surface area contributed by atoms with Crippen LogP contribution in [0.5, 0.6) is 0 Å². The first-order valence-electron chi connectivity index (χ1n) is 7.99. The van der Waals surface area contributed by atoms with Gasteiger partial charge in [0.2, 0.25) is 0 Å². The Balaban J connectivity index is 2.28. The number of hydrogen-bond acceptors (Lipinski definition) is 2. The van der Waals surface area contributed by atoms with Gasteiger partial charge in [-0.1, -0.05) is 20.8 Å². The summed E-state index contributed by atoms with van der Waals surface area (Å²) in [6.45, 7) is 11.3. The van der Waals surface area contributed by atoms with E-state index in [9.17, 15) is 0 Å². The normalized spacial score (nSPS) is 22.9. The zero-order valence-corrected chi connectivity index (χ0v) is 14.3. The van der Waals surface area contributed by atoms with Crippen molar-refractivity contribution in [2.24, 2.45) is 10.4 Å². The molecule has 2 N–H and O–H groups in total. The maximum absolute atomic E-state index is 4.33. The van der Waals surface area contributed by atoms with Crippen LogP contribution < -0.4 is 10.6 Å². The molecule has 0 aliphatic carbocycles. The van der Waals surface area contributed by atoms with Crippen molar-refractivity contribution >= 4 is 5.96 Å². The maximum atomic E-state index is 4.33. The summed E-state index contributed by atoms with van der Waals surface area (Å²) < 4.78 is 0. The quantitative estimate of drug-likeness (QED) is 0.601. The van der Waals surface area contributed by atoms with Crippen molar-refractivity contribution in [2.75, 3.05) is 27.2 Å². The van der Waals surface area contributed by atoms with Gasteiger partial charge >= 0.3 is 0 Å². The van der Waals surface area contributed by atoms with E-state index in [0.29, 0.717) is 17.5 Å². The predicted octanol–water partition coefficient (Wildman–Crippen LogP) is 2.46. The highest BCUT2D eigenvalue weighted by atomic mass is 15.2. The van der Waals surface area contributed by atoms with Crippen LogP contribution in [0.4, 0.5) is 0 Å². The zero-order chi connectivity index (χ0) is 15.2. The van der Waals surface area contributed by atoms with Gasteiger partial charge in [0.15, 0.2) is 5.96 Å². The van der Waals surface area contributed by atoms with Crippen molar-refractivity contribution in [1.29, 1.82) is 0 Å². The van der Waals surface area contributed by atoms with Gasteiger partial charge < -0.3 is 15.5 Å². The van der Waals surface area contributed by atoms with Gasteiger partial charge in [0.1, 0.15) is 0 Å². The van der Waals surface area contributed by atoms with Gasteiger partial charge in [-0.3, -0.25) is 4.99 Å². The van der Waals surface area contributed by atoms with Crippen LogP contribution in [0.1, 0.15) is 53.4 Å². The van der Waals surface area contributed by atoms with E-state index < -0.39 is 0 Å². The summed E-state index contributed by atoms with van der Waals surface area (Å²) in [4.78, 5) is 6.77. The number of nitrogens with zero attached hydrogens (tertiary/aromatic N) is 2. The predicted molar refractivity (Wildman–Crippen MR) is 88.3 cm³/mol. The van der Waals surface area contributed by atoms with E-state index in [2.05, 4.69) is 55.3 Å². The van der Waals surface area contributed by atoms with E-state index >= 15 is 0 Å². The smallest absolute Gasteiger partial charge is 0.191 e. The molecule has 2 atom stereocenters. The Morgan fingerprint density at radius 3 is 2.60 bits per heavy atom. The number of likely N-dealkylation sites (tertiary alicyclic amines) is 1. The van der Waals surface area contributed by atoms with Crippen LogP contribution in [0.2, 0.25) is 0 Å². The zero-order valence-electron chi connectivity index (χ0n) is 14.3. The fourth-order valence-corrected chi connectivity index (χ4v) is 2.60. The van der Waals surface area contributed by atoms with E-state index in [1.807, 2.05) is 7.05 Å². The Morgan fingerprint density at radius 1 is 1.40 bits per heavy atom. The van der Waals surface area contributed by atoms with Gasteiger partial charge in [0, 0.05) is 25.7 Å². The molecular formula is C16H34N4. The molecule has 1 heterocycles. The molecular weight excluding hydrogens is 248 g/mol. The summed E-state index contributed by atoms with van der Waals surface area (Å²) in [6.07, 6.45) is 5.01. The van der Waals surface area contributed by atoms with Crippen LogP contribution in [-0.2, 0) is 0 Å². The molecule has 1 fully saturated rings. The Morgan fingerprint density at radius 2 is 2.10 bits per heavy atom. The van der Waals surface area contributed by atoms with Crippen molar-refractivity contribution in [3.8, 4) is 0 Å². The van der Waals surface area contributed by atoms with Gasteiger partial charge in [-0.15, -0.1) is 0 Å². The number of rotatable bonds is 5. The lowest BCUT2D eigenvalue weighted by Crippen LogP contribution is -2.46. The lowest BCUT2D eigenvalue weighted by atomic mass is 9.89. The highest BCUT2D eigenvalue weighted by molar-refractivity contribution is 5.79. The monoisotopic (exact) mass is 282 g/mol. The Labute approximate surface area is 125 Å². The summed E-state index contributed by atoms with van der Waals surface area (Å²) in [5, 5.41) is 6.97. The standard InChI is InChI=1S/C16H34N4/c1-13(9-10-16(2,3)4)19-15(17-5)18-12-14-8-7-11-20(14)6/h13-14H,7-12H2,1-6H3,(H2,17,18,19). The molecule has 2 unspecified atom stereocenters. The Kier molecular flexibility index (Phi) is 6.80. The number of likely N-dealkylation sites (N-methyl/N-ethyl adjacent to an activating group) is 1. The van der Waals surface area contributed by atoms with E-state index in [-0.39, 0.29) is 0 Å². The van der Waals surface area contributed by atoms with Crippen molar-refractivity contribution in [3.05, 3.63) is 0 Å². The first-order valence-corrected chi connectivity index (χ1v) is 7.99. The molecule has 4 heteroatoms. The van der Waals surface area contributed by atoms with Gasteiger partial charge in [-0.2, -0.15) is 0 Å². The highest BCUT2D eigenvalue weighted by Gasteiger charge is 2.21. The van der Waals surface area contributed by atoms with E-state index in [1.54, 1.807) is 0 Å². The molecule has 4 nitrogen and oxygen atoms in total. The molecule has 1 rings (SSSR count). The topological polar surface area (TPSA) is 39.7 Å². The van der Waals surface area contributed by atoms with Crippen LogP contribution >= 0.6 is 0 Å². The lowest BCUT2D eigenvalue weighted by Gasteiger charge is -2.25. The molecule has 0 aromatic heterocycles. The number of nitrogens with one attached hydrogen (secondary N) is 2. The third-order valence-electron chi connectivity index (χ3n) is 4.11. The number of hydrogen-bond donors (Lipinski definition) is 2. The summed E-state index contributed by atoms with van der Waals surface area (Å²) in [5.74, 6) is 0.937. The number of aliphatic imine (C=N–C) groups is 1. The average molecular weight is 282 g/mol. The molecule has 0 amide bonds. The molecule has 0 radical (unpaired) electrons. The minimum absolute atomic E-state index is 0.402. The molecule has 0 spiro atoms. The van der Waals surface area contributed by atoms with Crippen LogP contribution in [0.25, 0.3) is 0 Å². The minimum atomic E-state index is 0.402. The molecule has 0 aromatic carbocycles. The summed E-state index contributed by atoms with van der Waals surface area (Å²) >= 11 is 0. The molecule has 118 valence electrons. The molecule has 0 aromatic rings. The van der Waals surface area contributed by atoms with E-state index in [0.717, 1.165) is 12.5 Å². The molecule has 0 bridgehead atoms.